The van der Waals surface area contributed by atoms with Crippen molar-refractivity contribution < 1.29 is 9.47 Å². The van der Waals surface area contributed by atoms with Crippen molar-refractivity contribution in [1.82, 2.24) is 9.88 Å². The molecule has 2 heterocycles. The minimum atomic E-state index is 0.222. The van der Waals surface area contributed by atoms with Crippen LogP contribution < -0.4 is 9.64 Å². The number of piperazine rings is 1. The van der Waals surface area contributed by atoms with Crippen molar-refractivity contribution in [2.75, 3.05) is 37.7 Å². The summed E-state index contributed by atoms with van der Waals surface area (Å²) in [6, 6.07) is 12.6. The average Bonchev–Trinajstić information content (AvgIpc) is 2.72. The van der Waals surface area contributed by atoms with E-state index in [0.717, 1.165) is 50.9 Å². The maximum Gasteiger partial charge on any atom is 0.134 e. The van der Waals surface area contributed by atoms with Gasteiger partial charge in [-0.3, -0.25) is 4.90 Å². The standard InChI is InChI=1S/C24H35N3O2/c1-19(2)17-29-23-9-5-7-21(15-23)16-26-11-13-27(14-12-26)24-22(8-6-10-25-24)18-28-20(3)4/h5-10,15,19-20H,11-14,16-18H2,1-4H3. The van der Waals surface area contributed by atoms with E-state index in [9.17, 15) is 0 Å². The summed E-state index contributed by atoms with van der Waals surface area (Å²) in [7, 11) is 0. The number of rotatable bonds is 9. The highest BCUT2D eigenvalue weighted by Gasteiger charge is 2.20. The van der Waals surface area contributed by atoms with Crippen LogP contribution in [-0.2, 0) is 17.9 Å². The predicted molar refractivity (Wildman–Crippen MR) is 118 cm³/mol. The van der Waals surface area contributed by atoms with Crippen molar-refractivity contribution in [3.8, 4) is 5.75 Å². The molecule has 158 valence electrons. The highest BCUT2D eigenvalue weighted by molar-refractivity contribution is 5.47. The summed E-state index contributed by atoms with van der Waals surface area (Å²) < 4.78 is 11.7. The van der Waals surface area contributed by atoms with Crippen LogP contribution in [0.25, 0.3) is 0 Å². The second-order valence-electron chi connectivity index (χ2n) is 8.46. The number of ether oxygens (including phenoxy) is 2. The molecule has 0 N–H and O–H groups in total. The molecule has 5 heteroatoms. The van der Waals surface area contributed by atoms with Gasteiger partial charge in [0, 0.05) is 44.5 Å². The molecule has 0 saturated carbocycles. The molecule has 0 unspecified atom stereocenters. The van der Waals surface area contributed by atoms with E-state index in [1.807, 2.05) is 18.3 Å². The normalized spacial score (nSPS) is 15.3. The minimum absolute atomic E-state index is 0.222. The third-order valence-electron chi connectivity index (χ3n) is 5.00. The van der Waals surface area contributed by atoms with Gasteiger partial charge in [0.2, 0.25) is 0 Å². The first-order valence-electron chi connectivity index (χ1n) is 10.8. The van der Waals surface area contributed by atoms with Gasteiger partial charge in [-0.05, 0) is 43.5 Å². The van der Waals surface area contributed by atoms with Gasteiger partial charge in [-0.1, -0.05) is 32.0 Å². The lowest BCUT2D eigenvalue weighted by Gasteiger charge is -2.36. The van der Waals surface area contributed by atoms with Gasteiger partial charge in [-0.25, -0.2) is 4.98 Å². The largest absolute Gasteiger partial charge is 0.493 e. The molecule has 0 atom stereocenters. The zero-order valence-electron chi connectivity index (χ0n) is 18.3. The Morgan fingerprint density at radius 2 is 1.79 bits per heavy atom. The maximum atomic E-state index is 5.88. The van der Waals surface area contributed by atoms with E-state index in [4.69, 9.17) is 9.47 Å². The number of aromatic nitrogens is 1. The molecule has 1 aliphatic heterocycles. The van der Waals surface area contributed by atoms with Crippen LogP contribution in [0.4, 0.5) is 5.82 Å². The maximum absolute atomic E-state index is 5.88. The SMILES string of the molecule is CC(C)COc1cccc(CN2CCN(c3ncccc3COC(C)C)CC2)c1. The van der Waals surface area contributed by atoms with Crippen molar-refractivity contribution in [3.05, 3.63) is 53.7 Å². The molecule has 1 aromatic heterocycles. The zero-order chi connectivity index (χ0) is 20.6. The summed E-state index contributed by atoms with van der Waals surface area (Å²) in [6.07, 6.45) is 2.10. The van der Waals surface area contributed by atoms with Crippen molar-refractivity contribution in [2.24, 2.45) is 5.92 Å². The van der Waals surface area contributed by atoms with E-state index in [0.29, 0.717) is 12.5 Å². The molecule has 0 aliphatic carbocycles. The molecule has 0 radical (unpaired) electrons. The molecule has 0 bridgehead atoms. The smallest absolute Gasteiger partial charge is 0.134 e. The Morgan fingerprint density at radius 1 is 1.00 bits per heavy atom. The van der Waals surface area contributed by atoms with Crippen LogP contribution in [-0.4, -0.2) is 48.8 Å². The third-order valence-corrected chi connectivity index (χ3v) is 5.00. The van der Waals surface area contributed by atoms with Gasteiger partial charge in [-0.2, -0.15) is 0 Å². The Balaban J connectivity index is 1.54. The second kappa shape index (κ2) is 10.6. The fourth-order valence-electron chi connectivity index (χ4n) is 3.46. The van der Waals surface area contributed by atoms with Crippen molar-refractivity contribution in [1.29, 1.82) is 0 Å². The molecule has 5 nitrogen and oxygen atoms in total. The highest BCUT2D eigenvalue weighted by Crippen LogP contribution is 2.22. The first kappa shape index (κ1) is 21.6. The van der Waals surface area contributed by atoms with Gasteiger partial charge in [0.25, 0.3) is 0 Å². The topological polar surface area (TPSA) is 37.8 Å². The summed E-state index contributed by atoms with van der Waals surface area (Å²) in [5.41, 5.74) is 2.48. The Labute approximate surface area is 175 Å². The van der Waals surface area contributed by atoms with E-state index in [1.54, 1.807) is 0 Å². The number of hydrogen-bond acceptors (Lipinski definition) is 5. The summed E-state index contributed by atoms with van der Waals surface area (Å²) >= 11 is 0. The van der Waals surface area contributed by atoms with Crippen LogP contribution in [0, 0.1) is 5.92 Å². The van der Waals surface area contributed by atoms with Crippen LogP contribution in [0.2, 0.25) is 0 Å². The summed E-state index contributed by atoms with van der Waals surface area (Å²) in [4.78, 5) is 9.54. The Kier molecular flexibility index (Phi) is 7.90. The number of benzene rings is 1. The molecule has 0 amide bonds. The lowest BCUT2D eigenvalue weighted by Crippen LogP contribution is -2.46. The second-order valence-corrected chi connectivity index (χ2v) is 8.46. The van der Waals surface area contributed by atoms with Gasteiger partial charge >= 0.3 is 0 Å². The molecule has 3 rings (SSSR count). The molecule has 1 saturated heterocycles. The van der Waals surface area contributed by atoms with Gasteiger partial charge in [0.15, 0.2) is 0 Å². The Bertz CT molecular complexity index is 755. The quantitative estimate of drug-likeness (QED) is 0.628. The van der Waals surface area contributed by atoms with Gasteiger partial charge in [0.1, 0.15) is 11.6 Å². The first-order chi connectivity index (χ1) is 14.0. The molecule has 0 spiro atoms. The van der Waals surface area contributed by atoms with E-state index in [-0.39, 0.29) is 6.10 Å². The van der Waals surface area contributed by atoms with Crippen molar-refractivity contribution in [2.45, 2.75) is 47.0 Å². The number of nitrogens with zero attached hydrogens (tertiary/aromatic N) is 3. The Morgan fingerprint density at radius 3 is 2.52 bits per heavy atom. The zero-order valence-corrected chi connectivity index (χ0v) is 18.3. The number of anilines is 1. The van der Waals surface area contributed by atoms with E-state index in [1.165, 1.54) is 11.1 Å². The van der Waals surface area contributed by atoms with E-state index >= 15 is 0 Å². The minimum Gasteiger partial charge on any atom is -0.493 e. The van der Waals surface area contributed by atoms with Crippen LogP contribution in [0.15, 0.2) is 42.6 Å². The molecule has 2 aromatic rings. The third kappa shape index (κ3) is 6.72. The lowest BCUT2D eigenvalue weighted by molar-refractivity contribution is 0.0657. The molecule has 1 fully saturated rings. The Hall–Kier alpha value is -2.11. The first-order valence-corrected chi connectivity index (χ1v) is 10.8. The molecule has 29 heavy (non-hydrogen) atoms. The molecular weight excluding hydrogens is 362 g/mol. The lowest BCUT2D eigenvalue weighted by atomic mass is 10.1. The van der Waals surface area contributed by atoms with Crippen LogP contribution in [0.5, 0.6) is 5.75 Å². The van der Waals surface area contributed by atoms with Crippen molar-refractivity contribution in [3.63, 3.8) is 0 Å². The number of pyridine rings is 1. The van der Waals surface area contributed by atoms with Crippen LogP contribution in [0.1, 0.15) is 38.8 Å². The van der Waals surface area contributed by atoms with E-state index < -0.39 is 0 Å². The summed E-state index contributed by atoms with van der Waals surface area (Å²) in [5, 5.41) is 0. The van der Waals surface area contributed by atoms with Crippen LogP contribution >= 0.6 is 0 Å². The van der Waals surface area contributed by atoms with Gasteiger partial charge < -0.3 is 14.4 Å². The summed E-state index contributed by atoms with van der Waals surface area (Å²) in [6.45, 7) is 14.8. The molecule has 1 aliphatic rings. The van der Waals surface area contributed by atoms with Gasteiger partial charge in [0.05, 0.1) is 19.3 Å². The monoisotopic (exact) mass is 397 g/mol. The van der Waals surface area contributed by atoms with Crippen molar-refractivity contribution >= 4 is 5.82 Å². The fourth-order valence-corrected chi connectivity index (χ4v) is 3.46. The average molecular weight is 398 g/mol. The predicted octanol–water partition coefficient (Wildman–Crippen LogP) is 4.36. The summed E-state index contributed by atoms with van der Waals surface area (Å²) in [5.74, 6) is 2.57. The number of hydrogen-bond donors (Lipinski definition) is 0. The fraction of sp³-hybridized carbons (Fsp3) is 0.542. The van der Waals surface area contributed by atoms with Crippen LogP contribution in [0.3, 0.4) is 0 Å². The highest BCUT2D eigenvalue weighted by atomic mass is 16.5. The van der Waals surface area contributed by atoms with E-state index in [2.05, 4.69) is 66.7 Å². The van der Waals surface area contributed by atoms with Gasteiger partial charge in [-0.15, -0.1) is 0 Å². The molecular formula is C24H35N3O2. The molecule has 1 aromatic carbocycles.